The Bertz CT molecular complexity index is 367. The molecule has 0 aromatic heterocycles. The third-order valence-corrected chi connectivity index (χ3v) is 5.62. The summed E-state index contributed by atoms with van der Waals surface area (Å²) in [6, 6.07) is 0.519. The van der Waals surface area contributed by atoms with Crippen molar-refractivity contribution in [3.8, 4) is 0 Å². The summed E-state index contributed by atoms with van der Waals surface area (Å²) in [4.78, 5) is 2.27. The van der Waals surface area contributed by atoms with Crippen LogP contribution in [-0.4, -0.2) is 69.5 Å². The molecular weight excluding hydrogens is 252 g/mol. The molecule has 0 radical (unpaired) electrons. The molecule has 2 N–H and O–H groups in total. The molecule has 18 heavy (non-hydrogen) atoms. The molecule has 0 aromatic carbocycles. The van der Waals surface area contributed by atoms with Crippen LogP contribution in [0.2, 0.25) is 0 Å². The van der Waals surface area contributed by atoms with Gasteiger partial charge in [-0.05, 0) is 33.4 Å². The topological polar surface area (TPSA) is 64.7 Å². The van der Waals surface area contributed by atoms with Crippen molar-refractivity contribution in [1.29, 1.82) is 0 Å². The van der Waals surface area contributed by atoms with Crippen LogP contribution in [0.3, 0.4) is 0 Å². The van der Waals surface area contributed by atoms with Crippen LogP contribution in [-0.2, 0) is 10.2 Å². The van der Waals surface area contributed by atoms with E-state index in [1.165, 1.54) is 0 Å². The summed E-state index contributed by atoms with van der Waals surface area (Å²) in [7, 11) is -1.21. The Balaban J connectivity index is 1.91. The average Bonchev–Trinajstić information content (AvgIpc) is 2.35. The summed E-state index contributed by atoms with van der Waals surface area (Å²) in [5.41, 5.74) is 0. The lowest BCUT2D eigenvalue weighted by Gasteiger charge is -2.36. The second-order valence-corrected chi connectivity index (χ2v) is 7.03. The van der Waals surface area contributed by atoms with E-state index in [1.807, 2.05) is 0 Å². The van der Waals surface area contributed by atoms with E-state index >= 15 is 0 Å². The quantitative estimate of drug-likeness (QED) is 0.709. The van der Waals surface area contributed by atoms with Gasteiger partial charge in [0.25, 0.3) is 10.2 Å². The number of likely N-dealkylation sites (tertiary alicyclic amines) is 1. The van der Waals surface area contributed by atoms with Gasteiger partial charge in [-0.3, -0.25) is 0 Å². The number of piperazine rings is 1. The first-order valence-corrected chi connectivity index (χ1v) is 8.11. The fourth-order valence-corrected chi connectivity index (χ4v) is 4.01. The molecule has 6 nitrogen and oxygen atoms in total. The van der Waals surface area contributed by atoms with Crippen molar-refractivity contribution in [3.05, 3.63) is 0 Å². The average molecular weight is 276 g/mol. The van der Waals surface area contributed by atoms with E-state index < -0.39 is 10.2 Å². The standard InChI is InChI=1S/C11H24N4O2S/c1-10-9-11(3-6-14(10)2)13-18(16,17)15-7-4-12-5-8-15/h10-13H,3-9H2,1-2H3. The van der Waals surface area contributed by atoms with Crippen molar-refractivity contribution < 1.29 is 8.42 Å². The number of hydrogen-bond donors (Lipinski definition) is 2. The lowest BCUT2D eigenvalue weighted by atomic mass is 10.0. The first kappa shape index (κ1) is 14.2. The summed E-state index contributed by atoms with van der Waals surface area (Å²) in [5.74, 6) is 0. The maximum Gasteiger partial charge on any atom is 0.279 e. The van der Waals surface area contributed by atoms with Crippen LogP contribution in [0.4, 0.5) is 0 Å². The molecule has 0 aliphatic carbocycles. The Hall–Kier alpha value is -0.210. The minimum absolute atomic E-state index is 0.0797. The van der Waals surface area contributed by atoms with E-state index in [-0.39, 0.29) is 6.04 Å². The molecule has 2 aliphatic rings. The zero-order valence-electron chi connectivity index (χ0n) is 11.2. The normalized spacial score (nSPS) is 32.6. The Morgan fingerprint density at radius 1 is 1.22 bits per heavy atom. The maximum atomic E-state index is 12.2. The van der Waals surface area contributed by atoms with Crippen LogP contribution in [0.5, 0.6) is 0 Å². The summed E-state index contributed by atoms with van der Waals surface area (Å²) >= 11 is 0. The molecule has 106 valence electrons. The molecule has 0 aromatic rings. The zero-order valence-corrected chi connectivity index (χ0v) is 12.0. The fraction of sp³-hybridized carbons (Fsp3) is 1.00. The number of nitrogens with zero attached hydrogens (tertiary/aromatic N) is 2. The summed E-state index contributed by atoms with van der Waals surface area (Å²) < 4.78 is 28.8. The molecule has 2 rings (SSSR count). The highest BCUT2D eigenvalue weighted by molar-refractivity contribution is 7.87. The molecular formula is C11H24N4O2S. The van der Waals surface area contributed by atoms with Crippen molar-refractivity contribution in [2.75, 3.05) is 39.8 Å². The second kappa shape index (κ2) is 5.83. The first-order valence-electron chi connectivity index (χ1n) is 6.67. The van der Waals surface area contributed by atoms with Gasteiger partial charge in [0.15, 0.2) is 0 Å². The maximum absolute atomic E-state index is 12.2. The van der Waals surface area contributed by atoms with E-state index in [4.69, 9.17) is 0 Å². The van der Waals surface area contributed by atoms with Crippen LogP contribution in [0.15, 0.2) is 0 Å². The molecule has 0 spiro atoms. The number of nitrogens with one attached hydrogen (secondary N) is 2. The molecule has 7 heteroatoms. The third-order valence-electron chi connectivity index (χ3n) is 3.94. The third kappa shape index (κ3) is 3.42. The Labute approximate surface area is 110 Å². The van der Waals surface area contributed by atoms with Crippen molar-refractivity contribution in [3.63, 3.8) is 0 Å². The van der Waals surface area contributed by atoms with E-state index in [1.54, 1.807) is 4.31 Å². The van der Waals surface area contributed by atoms with Gasteiger partial charge in [0.2, 0.25) is 0 Å². The molecule has 0 amide bonds. The number of rotatable bonds is 3. The predicted octanol–water partition coefficient (Wildman–Crippen LogP) is -0.791. The van der Waals surface area contributed by atoms with E-state index in [9.17, 15) is 8.42 Å². The number of hydrogen-bond acceptors (Lipinski definition) is 4. The molecule has 2 saturated heterocycles. The fourth-order valence-electron chi connectivity index (χ4n) is 2.57. The van der Waals surface area contributed by atoms with E-state index in [2.05, 4.69) is 28.9 Å². The minimum Gasteiger partial charge on any atom is -0.314 e. The van der Waals surface area contributed by atoms with Crippen molar-refractivity contribution in [2.45, 2.75) is 31.8 Å². The Morgan fingerprint density at radius 2 is 1.89 bits per heavy atom. The minimum atomic E-state index is -3.30. The SMILES string of the molecule is CC1CC(NS(=O)(=O)N2CCNCC2)CCN1C. The first-order chi connectivity index (χ1) is 8.49. The Morgan fingerprint density at radius 3 is 2.50 bits per heavy atom. The zero-order chi connectivity index (χ0) is 13.2. The van der Waals surface area contributed by atoms with Gasteiger partial charge >= 0.3 is 0 Å². The lowest BCUT2D eigenvalue weighted by molar-refractivity contribution is 0.176. The molecule has 2 unspecified atom stereocenters. The van der Waals surface area contributed by atoms with Crippen LogP contribution in [0, 0.1) is 0 Å². The lowest BCUT2D eigenvalue weighted by Crippen LogP contribution is -2.54. The summed E-state index contributed by atoms with van der Waals surface area (Å²) in [5, 5.41) is 3.16. The molecule has 2 atom stereocenters. The number of piperidine rings is 1. The van der Waals surface area contributed by atoms with Gasteiger partial charge in [0.1, 0.15) is 0 Å². The van der Waals surface area contributed by atoms with Gasteiger partial charge in [-0.2, -0.15) is 17.4 Å². The van der Waals surface area contributed by atoms with Gasteiger partial charge < -0.3 is 10.2 Å². The van der Waals surface area contributed by atoms with Crippen LogP contribution >= 0.6 is 0 Å². The predicted molar refractivity (Wildman–Crippen MR) is 71.6 cm³/mol. The van der Waals surface area contributed by atoms with Crippen molar-refractivity contribution >= 4 is 10.2 Å². The van der Waals surface area contributed by atoms with Gasteiger partial charge in [-0.15, -0.1) is 0 Å². The van der Waals surface area contributed by atoms with E-state index in [0.717, 1.165) is 32.5 Å². The molecule has 0 bridgehead atoms. The molecule has 2 aliphatic heterocycles. The second-order valence-electron chi connectivity index (χ2n) is 5.32. The summed E-state index contributed by atoms with van der Waals surface area (Å²) in [6.07, 6.45) is 1.79. The molecule has 2 heterocycles. The molecule has 2 fully saturated rings. The van der Waals surface area contributed by atoms with Gasteiger partial charge in [0.05, 0.1) is 0 Å². The van der Waals surface area contributed by atoms with Crippen LogP contribution in [0.25, 0.3) is 0 Å². The highest BCUT2D eigenvalue weighted by Gasteiger charge is 2.30. The van der Waals surface area contributed by atoms with Crippen molar-refractivity contribution in [2.24, 2.45) is 0 Å². The van der Waals surface area contributed by atoms with Crippen molar-refractivity contribution in [1.82, 2.24) is 19.2 Å². The largest absolute Gasteiger partial charge is 0.314 e. The van der Waals surface area contributed by atoms with Crippen LogP contribution < -0.4 is 10.0 Å². The smallest absolute Gasteiger partial charge is 0.279 e. The van der Waals surface area contributed by atoms with Gasteiger partial charge in [0, 0.05) is 38.3 Å². The van der Waals surface area contributed by atoms with Gasteiger partial charge in [-0.1, -0.05) is 0 Å². The Kier molecular flexibility index (Phi) is 4.60. The molecule has 0 saturated carbocycles. The monoisotopic (exact) mass is 276 g/mol. The summed E-state index contributed by atoms with van der Waals surface area (Å²) in [6.45, 7) is 5.71. The highest BCUT2D eigenvalue weighted by Crippen LogP contribution is 2.16. The highest BCUT2D eigenvalue weighted by atomic mass is 32.2. The van der Waals surface area contributed by atoms with Crippen LogP contribution in [0.1, 0.15) is 19.8 Å². The van der Waals surface area contributed by atoms with Gasteiger partial charge in [-0.25, -0.2) is 0 Å². The van der Waals surface area contributed by atoms with E-state index in [0.29, 0.717) is 19.1 Å².